The normalized spacial score (nSPS) is 31.0. The molecule has 2 heterocycles. The highest BCUT2D eigenvalue weighted by Gasteiger charge is 2.68. The number of nitrogens with zero attached hydrogens (tertiary/aromatic N) is 1. The number of aliphatic carboxylic acids is 1. The molecule has 0 aliphatic carbocycles. The Bertz CT molecular complexity index is 748. The maximum Gasteiger partial charge on any atom is 0.324 e. The molecule has 0 radical (unpaired) electrons. The third kappa shape index (κ3) is 2.72. The number of likely N-dealkylation sites (tertiary alicyclic amines) is 1. The Morgan fingerprint density at radius 3 is 2.38 bits per heavy atom. The lowest BCUT2D eigenvalue weighted by atomic mass is 9.75. The molecule has 2 aliphatic rings. The Balaban J connectivity index is 2.14. The number of benzene rings is 1. The number of hydrogen-bond donors (Lipinski definition) is 2. The third-order valence-electron chi connectivity index (χ3n) is 5.40. The van der Waals surface area contributed by atoms with Crippen molar-refractivity contribution in [1.29, 1.82) is 0 Å². The van der Waals surface area contributed by atoms with E-state index in [9.17, 15) is 19.5 Å². The van der Waals surface area contributed by atoms with Crippen molar-refractivity contribution in [3.63, 3.8) is 0 Å². The number of carbonyl (C=O) groups excluding carboxylic acids is 2. The van der Waals surface area contributed by atoms with Crippen LogP contribution >= 0.6 is 11.6 Å². The van der Waals surface area contributed by atoms with Crippen LogP contribution in [0.5, 0.6) is 0 Å². The predicted octanol–water partition coefficient (Wildman–Crippen LogP) is 2.47. The topological polar surface area (TPSA) is 86.7 Å². The molecule has 1 aromatic rings. The Kier molecular flexibility index (Phi) is 4.84. The molecule has 4 atom stereocenters. The molecular weight excluding hydrogens is 356 g/mol. The fraction of sp³-hybridized carbons (Fsp3) is 0.526. The molecule has 2 saturated heterocycles. The fourth-order valence-corrected chi connectivity index (χ4v) is 4.57. The van der Waals surface area contributed by atoms with E-state index in [1.54, 1.807) is 31.2 Å². The summed E-state index contributed by atoms with van der Waals surface area (Å²) in [6.45, 7) is 5.80. The quantitative estimate of drug-likeness (QED) is 0.768. The first-order valence-electron chi connectivity index (χ1n) is 8.84. The summed E-state index contributed by atoms with van der Waals surface area (Å²) >= 11 is 5.96. The highest BCUT2D eigenvalue weighted by atomic mass is 35.5. The van der Waals surface area contributed by atoms with E-state index in [-0.39, 0.29) is 24.8 Å². The highest BCUT2D eigenvalue weighted by molar-refractivity contribution is 6.30. The summed E-state index contributed by atoms with van der Waals surface area (Å²) in [5.41, 5.74) is -0.699. The van der Waals surface area contributed by atoms with Gasteiger partial charge in [0.05, 0.1) is 11.8 Å². The van der Waals surface area contributed by atoms with Crippen LogP contribution in [-0.4, -0.2) is 39.9 Å². The number of hydrogen-bond acceptors (Lipinski definition) is 4. The van der Waals surface area contributed by atoms with Crippen molar-refractivity contribution in [2.24, 2.45) is 17.8 Å². The van der Waals surface area contributed by atoms with Gasteiger partial charge in [-0.1, -0.05) is 37.6 Å². The number of nitrogens with one attached hydrogen (secondary N) is 1. The molecule has 0 spiro atoms. The summed E-state index contributed by atoms with van der Waals surface area (Å²) in [7, 11) is 0. The van der Waals surface area contributed by atoms with Crippen molar-refractivity contribution in [2.45, 2.75) is 38.8 Å². The van der Waals surface area contributed by atoms with Crippen LogP contribution in [0.3, 0.4) is 0 Å². The van der Waals surface area contributed by atoms with Crippen LogP contribution in [0.2, 0.25) is 5.02 Å². The van der Waals surface area contributed by atoms with Crippen LogP contribution in [0.1, 0.15) is 38.8 Å². The Morgan fingerprint density at radius 1 is 1.27 bits per heavy atom. The number of amides is 2. The van der Waals surface area contributed by atoms with Crippen molar-refractivity contribution in [1.82, 2.24) is 10.2 Å². The molecule has 0 bridgehead atoms. The molecule has 2 N–H and O–H groups in total. The van der Waals surface area contributed by atoms with Crippen molar-refractivity contribution in [3.05, 3.63) is 34.9 Å². The average molecular weight is 379 g/mol. The molecule has 26 heavy (non-hydrogen) atoms. The fourth-order valence-electron chi connectivity index (χ4n) is 4.45. The van der Waals surface area contributed by atoms with E-state index in [2.05, 4.69) is 5.32 Å². The smallest absolute Gasteiger partial charge is 0.324 e. The van der Waals surface area contributed by atoms with E-state index in [0.29, 0.717) is 5.02 Å². The SMILES string of the molecule is CCN1C(=O)C2C(c3ccc(Cl)cc3)NC(CC(C)C)(C(=O)O)C2C1=O. The summed E-state index contributed by atoms with van der Waals surface area (Å²) in [6, 6.07) is 6.42. The first kappa shape index (κ1) is 18.9. The van der Waals surface area contributed by atoms with Gasteiger partial charge in [-0.05, 0) is 37.0 Å². The first-order valence-corrected chi connectivity index (χ1v) is 9.22. The largest absolute Gasteiger partial charge is 0.480 e. The predicted molar refractivity (Wildman–Crippen MR) is 96.5 cm³/mol. The average Bonchev–Trinajstić information content (AvgIpc) is 3.03. The minimum Gasteiger partial charge on any atom is -0.480 e. The number of rotatable bonds is 5. The second-order valence-electron chi connectivity index (χ2n) is 7.47. The number of halogens is 1. The molecule has 1 aromatic carbocycles. The molecule has 2 fully saturated rings. The van der Waals surface area contributed by atoms with Crippen LogP contribution in [0.15, 0.2) is 24.3 Å². The minimum absolute atomic E-state index is 0.0433. The number of carboxylic acid groups (broad SMARTS) is 1. The monoisotopic (exact) mass is 378 g/mol. The van der Waals surface area contributed by atoms with Gasteiger partial charge < -0.3 is 5.11 Å². The molecule has 6 nitrogen and oxygen atoms in total. The summed E-state index contributed by atoms with van der Waals surface area (Å²) in [6.07, 6.45) is 0.268. The van der Waals surface area contributed by atoms with E-state index in [1.165, 1.54) is 4.90 Å². The maximum atomic E-state index is 12.9. The van der Waals surface area contributed by atoms with E-state index >= 15 is 0 Å². The number of carboxylic acids is 1. The maximum absolute atomic E-state index is 12.9. The molecule has 140 valence electrons. The van der Waals surface area contributed by atoms with Crippen LogP contribution < -0.4 is 5.32 Å². The zero-order valence-corrected chi connectivity index (χ0v) is 15.8. The molecule has 3 rings (SSSR count). The van der Waals surface area contributed by atoms with Crippen LogP contribution in [0.4, 0.5) is 0 Å². The van der Waals surface area contributed by atoms with E-state index < -0.39 is 35.3 Å². The Labute approximate surface area is 157 Å². The summed E-state index contributed by atoms with van der Waals surface area (Å²) in [5, 5.41) is 13.8. The van der Waals surface area contributed by atoms with Gasteiger partial charge in [0.15, 0.2) is 0 Å². The van der Waals surface area contributed by atoms with Gasteiger partial charge in [0.25, 0.3) is 0 Å². The van der Waals surface area contributed by atoms with Gasteiger partial charge in [0.2, 0.25) is 11.8 Å². The molecule has 2 amide bonds. The van der Waals surface area contributed by atoms with Crippen LogP contribution in [-0.2, 0) is 14.4 Å². The molecular formula is C19H23ClN2O4. The van der Waals surface area contributed by atoms with Crippen molar-refractivity contribution in [3.8, 4) is 0 Å². The number of fused-ring (bicyclic) bond motifs is 1. The molecule has 0 saturated carbocycles. The van der Waals surface area contributed by atoms with E-state index in [4.69, 9.17) is 11.6 Å². The summed E-state index contributed by atoms with van der Waals surface area (Å²) in [5.74, 6) is -3.37. The number of carbonyl (C=O) groups is 3. The minimum atomic E-state index is -1.46. The second-order valence-corrected chi connectivity index (χ2v) is 7.91. The van der Waals surface area contributed by atoms with Crippen molar-refractivity contribution in [2.75, 3.05) is 6.54 Å². The van der Waals surface area contributed by atoms with Crippen molar-refractivity contribution < 1.29 is 19.5 Å². The summed E-state index contributed by atoms with van der Waals surface area (Å²) < 4.78 is 0. The molecule has 4 unspecified atom stereocenters. The van der Waals surface area contributed by atoms with Gasteiger partial charge in [0.1, 0.15) is 5.54 Å². The first-order chi connectivity index (χ1) is 12.2. The van der Waals surface area contributed by atoms with Crippen LogP contribution in [0, 0.1) is 17.8 Å². The van der Waals surface area contributed by atoms with Gasteiger partial charge in [-0.3, -0.25) is 24.6 Å². The van der Waals surface area contributed by atoms with Crippen LogP contribution in [0.25, 0.3) is 0 Å². The van der Waals surface area contributed by atoms with E-state index in [0.717, 1.165) is 5.56 Å². The molecule has 7 heteroatoms. The van der Waals surface area contributed by atoms with Gasteiger partial charge >= 0.3 is 5.97 Å². The van der Waals surface area contributed by atoms with Gasteiger partial charge in [0, 0.05) is 17.6 Å². The Hall–Kier alpha value is -1.92. The zero-order chi connectivity index (χ0) is 19.2. The lowest BCUT2D eigenvalue weighted by Crippen LogP contribution is -2.56. The molecule has 2 aliphatic heterocycles. The highest BCUT2D eigenvalue weighted by Crippen LogP contribution is 2.50. The second kappa shape index (κ2) is 6.67. The summed E-state index contributed by atoms with van der Waals surface area (Å²) in [4.78, 5) is 39.4. The van der Waals surface area contributed by atoms with Crippen molar-refractivity contribution >= 4 is 29.4 Å². The standard InChI is InChI=1S/C19H23ClN2O4/c1-4-22-16(23)13-14(17(22)24)19(18(25)26,9-10(2)3)21-15(13)11-5-7-12(20)8-6-11/h5-8,10,13-15,21H,4,9H2,1-3H3,(H,25,26). The number of imide groups is 1. The lowest BCUT2D eigenvalue weighted by molar-refractivity contribution is -0.152. The van der Waals surface area contributed by atoms with E-state index in [1.807, 2.05) is 13.8 Å². The van der Waals surface area contributed by atoms with Gasteiger partial charge in [-0.2, -0.15) is 0 Å². The molecule has 0 aromatic heterocycles. The third-order valence-corrected chi connectivity index (χ3v) is 5.65. The van der Waals surface area contributed by atoms with Gasteiger partial charge in [-0.25, -0.2) is 0 Å². The lowest BCUT2D eigenvalue weighted by Gasteiger charge is -2.32. The zero-order valence-electron chi connectivity index (χ0n) is 15.0. The van der Waals surface area contributed by atoms with Gasteiger partial charge in [-0.15, -0.1) is 0 Å². The Morgan fingerprint density at radius 2 is 1.88 bits per heavy atom.